The monoisotopic (exact) mass is 298 g/mol. The Kier molecular flexibility index (Phi) is 5.27. The number of para-hydroxylation sites is 1. The van der Waals surface area contributed by atoms with Crippen molar-refractivity contribution >= 4 is 17.3 Å². The maximum atomic E-state index is 6.41. The average molecular weight is 299 g/mol. The summed E-state index contributed by atoms with van der Waals surface area (Å²) in [5, 5.41) is 0.759. The number of anilines is 1. The van der Waals surface area contributed by atoms with E-state index in [1.54, 1.807) is 14.2 Å². The fraction of sp³-hybridized carbons (Fsp3) is 0.600. The van der Waals surface area contributed by atoms with Crippen molar-refractivity contribution in [3.63, 3.8) is 0 Å². The molecule has 0 spiro atoms. The molecule has 2 N–H and O–H groups in total. The minimum absolute atomic E-state index is 0.0689. The van der Waals surface area contributed by atoms with Gasteiger partial charge in [-0.1, -0.05) is 23.7 Å². The van der Waals surface area contributed by atoms with Crippen molar-refractivity contribution in [3.05, 3.63) is 28.8 Å². The van der Waals surface area contributed by atoms with E-state index in [1.165, 1.54) is 5.56 Å². The molecule has 0 bridgehead atoms. The largest absolute Gasteiger partial charge is 0.377 e. The Bertz CT molecular complexity index is 441. The van der Waals surface area contributed by atoms with E-state index in [4.69, 9.17) is 26.8 Å². The van der Waals surface area contributed by atoms with Gasteiger partial charge in [0.1, 0.15) is 12.2 Å². The lowest BCUT2D eigenvalue weighted by molar-refractivity contribution is -0.00461. The molecule has 3 atom stereocenters. The molecule has 2 rings (SSSR count). The third-order valence-electron chi connectivity index (χ3n) is 3.75. The van der Waals surface area contributed by atoms with Crippen LogP contribution in [0.25, 0.3) is 0 Å². The van der Waals surface area contributed by atoms with Gasteiger partial charge in [-0.15, -0.1) is 0 Å². The fourth-order valence-corrected chi connectivity index (χ4v) is 3.12. The van der Waals surface area contributed by atoms with Crippen molar-refractivity contribution in [1.29, 1.82) is 0 Å². The van der Waals surface area contributed by atoms with Gasteiger partial charge in [0, 0.05) is 33.4 Å². The molecule has 1 aromatic carbocycles. The molecule has 1 aliphatic heterocycles. The van der Waals surface area contributed by atoms with Crippen LogP contribution in [0, 0.1) is 0 Å². The predicted molar refractivity (Wildman–Crippen MR) is 82.6 cm³/mol. The van der Waals surface area contributed by atoms with Gasteiger partial charge in [0.25, 0.3) is 0 Å². The molecule has 1 aromatic rings. The summed E-state index contributed by atoms with van der Waals surface area (Å²) in [6.45, 7) is 3.57. The van der Waals surface area contributed by atoms with Crippen LogP contribution in [-0.2, 0) is 15.9 Å². The highest BCUT2D eigenvalue weighted by molar-refractivity contribution is 6.33. The van der Waals surface area contributed by atoms with Crippen LogP contribution in [0.2, 0.25) is 5.02 Å². The molecule has 0 radical (unpaired) electrons. The number of methoxy groups -OCH3 is 2. The summed E-state index contributed by atoms with van der Waals surface area (Å²) in [6, 6.07) is 6.09. The quantitative estimate of drug-likeness (QED) is 0.904. The maximum absolute atomic E-state index is 6.41. The van der Waals surface area contributed by atoms with Crippen molar-refractivity contribution in [2.45, 2.75) is 31.6 Å². The standard InChI is InChI=1S/C15H23ClN2O2/c1-10(17)7-11-5-4-6-12(16)15(11)18-8-13(19-2)14(9-18)20-3/h4-6,10,13-14H,7-9,17H2,1-3H3. The van der Waals surface area contributed by atoms with E-state index in [-0.39, 0.29) is 18.2 Å². The lowest BCUT2D eigenvalue weighted by Gasteiger charge is -2.24. The Morgan fingerprint density at radius 1 is 1.30 bits per heavy atom. The van der Waals surface area contributed by atoms with E-state index in [1.807, 2.05) is 19.1 Å². The van der Waals surface area contributed by atoms with Crippen LogP contribution in [0.5, 0.6) is 0 Å². The van der Waals surface area contributed by atoms with Crippen molar-refractivity contribution in [2.24, 2.45) is 5.73 Å². The molecule has 4 nitrogen and oxygen atoms in total. The normalized spacial score (nSPS) is 24.1. The van der Waals surface area contributed by atoms with Crippen LogP contribution in [0.1, 0.15) is 12.5 Å². The minimum Gasteiger partial charge on any atom is -0.377 e. The molecule has 0 aliphatic carbocycles. The van der Waals surface area contributed by atoms with E-state index in [0.717, 1.165) is 30.2 Å². The van der Waals surface area contributed by atoms with Crippen LogP contribution in [0.4, 0.5) is 5.69 Å². The zero-order valence-corrected chi connectivity index (χ0v) is 13.1. The van der Waals surface area contributed by atoms with E-state index in [0.29, 0.717) is 0 Å². The number of hydrogen-bond donors (Lipinski definition) is 1. The van der Waals surface area contributed by atoms with Crippen molar-refractivity contribution in [3.8, 4) is 0 Å². The lowest BCUT2D eigenvalue weighted by Crippen LogP contribution is -2.27. The topological polar surface area (TPSA) is 47.7 Å². The number of nitrogens with zero attached hydrogens (tertiary/aromatic N) is 1. The second kappa shape index (κ2) is 6.76. The Morgan fingerprint density at radius 3 is 2.40 bits per heavy atom. The summed E-state index contributed by atoms with van der Waals surface area (Å²) < 4.78 is 11.0. The number of rotatable bonds is 5. The molecule has 1 fully saturated rings. The molecular weight excluding hydrogens is 276 g/mol. The molecule has 1 saturated heterocycles. The van der Waals surface area contributed by atoms with Crippen molar-refractivity contribution < 1.29 is 9.47 Å². The van der Waals surface area contributed by atoms with Gasteiger partial charge in [-0.3, -0.25) is 0 Å². The average Bonchev–Trinajstić information content (AvgIpc) is 2.81. The summed E-state index contributed by atoms with van der Waals surface area (Å²) in [5.74, 6) is 0. The molecule has 1 heterocycles. The number of halogens is 1. The van der Waals surface area contributed by atoms with Gasteiger partial charge in [0.15, 0.2) is 0 Å². The SMILES string of the molecule is COC1CN(c2c(Cl)cccc2CC(C)N)CC1OC. The summed E-state index contributed by atoms with van der Waals surface area (Å²) in [6.07, 6.45) is 0.945. The van der Waals surface area contributed by atoms with Gasteiger partial charge in [-0.25, -0.2) is 0 Å². The number of benzene rings is 1. The molecule has 20 heavy (non-hydrogen) atoms. The van der Waals surface area contributed by atoms with E-state index >= 15 is 0 Å². The summed E-state index contributed by atoms with van der Waals surface area (Å²) in [5.41, 5.74) is 8.18. The highest BCUT2D eigenvalue weighted by Crippen LogP contribution is 2.34. The van der Waals surface area contributed by atoms with E-state index in [9.17, 15) is 0 Å². The van der Waals surface area contributed by atoms with Crippen LogP contribution >= 0.6 is 11.6 Å². The molecule has 0 saturated carbocycles. The highest BCUT2D eigenvalue weighted by Gasteiger charge is 2.34. The second-order valence-corrected chi connectivity index (χ2v) is 5.79. The molecule has 5 heteroatoms. The first-order valence-electron chi connectivity index (χ1n) is 6.90. The Balaban J connectivity index is 2.28. The number of hydrogen-bond acceptors (Lipinski definition) is 4. The van der Waals surface area contributed by atoms with E-state index < -0.39 is 0 Å². The Morgan fingerprint density at radius 2 is 1.90 bits per heavy atom. The third-order valence-corrected chi connectivity index (χ3v) is 4.05. The number of nitrogens with two attached hydrogens (primary N) is 1. The van der Waals surface area contributed by atoms with Crippen LogP contribution < -0.4 is 10.6 Å². The lowest BCUT2D eigenvalue weighted by atomic mass is 10.0. The summed E-state index contributed by atoms with van der Waals surface area (Å²) in [7, 11) is 3.44. The zero-order valence-electron chi connectivity index (χ0n) is 12.3. The highest BCUT2D eigenvalue weighted by atomic mass is 35.5. The second-order valence-electron chi connectivity index (χ2n) is 5.38. The van der Waals surface area contributed by atoms with Gasteiger partial charge in [0.05, 0.1) is 10.7 Å². The van der Waals surface area contributed by atoms with Crippen molar-refractivity contribution in [2.75, 3.05) is 32.2 Å². The minimum atomic E-state index is 0.0689. The van der Waals surface area contributed by atoms with Gasteiger partial charge in [-0.05, 0) is 25.0 Å². The Labute approximate surface area is 125 Å². The summed E-state index contributed by atoms with van der Waals surface area (Å²) in [4.78, 5) is 2.24. The van der Waals surface area contributed by atoms with Crippen LogP contribution in [-0.4, -0.2) is 45.6 Å². The third kappa shape index (κ3) is 3.26. The molecule has 0 aromatic heterocycles. The van der Waals surface area contributed by atoms with E-state index in [2.05, 4.69) is 11.0 Å². The first kappa shape index (κ1) is 15.6. The Hall–Kier alpha value is -0.810. The van der Waals surface area contributed by atoms with Crippen molar-refractivity contribution in [1.82, 2.24) is 0 Å². The van der Waals surface area contributed by atoms with Gasteiger partial charge in [0.2, 0.25) is 0 Å². The summed E-state index contributed by atoms with van der Waals surface area (Å²) >= 11 is 6.41. The van der Waals surface area contributed by atoms with Gasteiger partial charge in [-0.2, -0.15) is 0 Å². The molecule has 0 amide bonds. The van der Waals surface area contributed by atoms with Gasteiger partial charge >= 0.3 is 0 Å². The fourth-order valence-electron chi connectivity index (χ4n) is 2.81. The van der Waals surface area contributed by atoms with Gasteiger partial charge < -0.3 is 20.1 Å². The van der Waals surface area contributed by atoms with Crippen LogP contribution in [0.15, 0.2) is 18.2 Å². The first-order chi connectivity index (χ1) is 9.56. The smallest absolute Gasteiger partial charge is 0.102 e. The first-order valence-corrected chi connectivity index (χ1v) is 7.28. The molecule has 3 unspecified atom stereocenters. The maximum Gasteiger partial charge on any atom is 0.102 e. The molecule has 112 valence electrons. The predicted octanol–water partition coefficient (Wildman–Crippen LogP) is 2.08. The van der Waals surface area contributed by atoms with Crippen LogP contribution in [0.3, 0.4) is 0 Å². The zero-order chi connectivity index (χ0) is 14.7. The number of ether oxygens (including phenoxy) is 2. The molecule has 1 aliphatic rings. The molecular formula is C15H23ClN2O2.